The van der Waals surface area contributed by atoms with Crippen LogP contribution in [0.2, 0.25) is 0 Å². The van der Waals surface area contributed by atoms with Crippen LogP contribution in [-0.2, 0) is 4.79 Å². The van der Waals surface area contributed by atoms with Crippen LogP contribution >= 0.6 is 0 Å². The molecule has 0 atom stereocenters. The summed E-state index contributed by atoms with van der Waals surface area (Å²) in [5, 5.41) is 3.61. The monoisotopic (exact) mass is 475 g/mol. The maximum Gasteiger partial charge on any atom is 0.248 e. The lowest BCUT2D eigenvalue weighted by molar-refractivity contribution is -0.111. The molecule has 1 N–H and O–H groups in total. The van der Waals surface area contributed by atoms with Crippen LogP contribution < -0.4 is 19.5 Å². The highest BCUT2D eigenvalue weighted by molar-refractivity contribution is 6.05. The molecule has 35 heavy (non-hydrogen) atoms. The molecular formula is C28H26FNO5. The molecule has 1 heterocycles. The molecule has 4 aromatic rings. The van der Waals surface area contributed by atoms with E-state index in [0.29, 0.717) is 40.7 Å². The van der Waals surface area contributed by atoms with Gasteiger partial charge < -0.3 is 23.9 Å². The molecule has 0 saturated carbocycles. The van der Waals surface area contributed by atoms with Gasteiger partial charge in [-0.2, -0.15) is 0 Å². The van der Waals surface area contributed by atoms with E-state index in [2.05, 4.69) is 5.32 Å². The summed E-state index contributed by atoms with van der Waals surface area (Å²) in [5.41, 5.74) is 4.39. The molecular weight excluding hydrogens is 449 g/mol. The molecule has 1 amide bonds. The third kappa shape index (κ3) is 5.14. The van der Waals surface area contributed by atoms with Gasteiger partial charge in [-0.05, 0) is 67.4 Å². The second kappa shape index (κ2) is 10.3. The number of ether oxygens (including phenoxy) is 3. The standard InChI is InChI=1S/C28H26FNO5/c1-5-34-25-15-26-22(23(16-35-26)18-6-11-24(32-3)27(13-18)33-4)14-21(25)17(2)12-28(31)30-20-9-7-19(29)8-10-20/h6-16H,5H2,1-4H3,(H,30,31)/b17-12+. The van der Waals surface area contributed by atoms with Gasteiger partial charge >= 0.3 is 0 Å². The van der Waals surface area contributed by atoms with Gasteiger partial charge in [-0.3, -0.25) is 4.79 Å². The first-order valence-corrected chi connectivity index (χ1v) is 11.1. The molecule has 3 aromatic carbocycles. The number of anilines is 1. The summed E-state index contributed by atoms with van der Waals surface area (Å²) in [4.78, 5) is 12.6. The average molecular weight is 476 g/mol. The fourth-order valence-electron chi connectivity index (χ4n) is 3.85. The molecule has 0 saturated heterocycles. The Kier molecular flexibility index (Phi) is 7.06. The topological polar surface area (TPSA) is 69.9 Å². The van der Waals surface area contributed by atoms with Crippen LogP contribution in [0.15, 0.2) is 71.4 Å². The molecule has 0 aliphatic rings. The van der Waals surface area contributed by atoms with Crippen molar-refractivity contribution >= 4 is 28.1 Å². The maximum absolute atomic E-state index is 13.1. The van der Waals surface area contributed by atoms with E-state index < -0.39 is 0 Å². The molecule has 0 bridgehead atoms. The Morgan fingerprint density at radius 1 is 1.00 bits per heavy atom. The van der Waals surface area contributed by atoms with Crippen LogP contribution in [0.4, 0.5) is 10.1 Å². The Labute approximate surface area is 202 Å². The summed E-state index contributed by atoms with van der Waals surface area (Å²) < 4.78 is 35.6. The Balaban J connectivity index is 1.73. The van der Waals surface area contributed by atoms with Gasteiger partial charge in [-0.1, -0.05) is 6.07 Å². The number of hydrogen-bond acceptors (Lipinski definition) is 5. The summed E-state index contributed by atoms with van der Waals surface area (Å²) in [6, 6.07) is 15.0. The summed E-state index contributed by atoms with van der Waals surface area (Å²) in [6.45, 7) is 4.19. The number of allylic oxidation sites excluding steroid dienone is 1. The van der Waals surface area contributed by atoms with E-state index in [1.54, 1.807) is 20.5 Å². The van der Waals surface area contributed by atoms with Gasteiger partial charge in [0, 0.05) is 34.3 Å². The summed E-state index contributed by atoms with van der Waals surface area (Å²) >= 11 is 0. The minimum Gasteiger partial charge on any atom is -0.493 e. The fraction of sp³-hybridized carbons (Fsp3) is 0.179. The quantitative estimate of drug-likeness (QED) is 0.287. The van der Waals surface area contributed by atoms with Gasteiger partial charge in [0.25, 0.3) is 0 Å². The number of halogens is 1. The molecule has 0 unspecified atom stereocenters. The molecule has 6 nitrogen and oxygen atoms in total. The predicted octanol–water partition coefficient (Wildman–Crippen LogP) is 6.70. The lowest BCUT2D eigenvalue weighted by Crippen LogP contribution is -2.08. The zero-order valence-electron chi connectivity index (χ0n) is 20.0. The zero-order chi connectivity index (χ0) is 24.9. The van der Waals surface area contributed by atoms with Crippen molar-refractivity contribution in [3.63, 3.8) is 0 Å². The molecule has 4 rings (SSSR count). The molecule has 0 radical (unpaired) electrons. The van der Waals surface area contributed by atoms with Crippen molar-refractivity contribution in [2.75, 3.05) is 26.1 Å². The predicted molar refractivity (Wildman–Crippen MR) is 135 cm³/mol. The van der Waals surface area contributed by atoms with Gasteiger partial charge in [0.05, 0.1) is 27.1 Å². The van der Waals surface area contributed by atoms with Crippen molar-refractivity contribution in [1.29, 1.82) is 0 Å². The highest BCUT2D eigenvalue weighted by Gasteiger charge is 2.16. The van der Waals surface area contributed by atoms with Gasteiger partial charge in [-0.15, -0.1) is 0 Å². The maximum atomic E-state index is 13.1. The number of rotatable bonds is 8. The highest BCUT2D eigenvalue weighted by Crippen LogP contribution is 2.40. The van der Waals surface area contributed by atoms with Crippen molar-refractivity contribution < 1.29 is 27.8 Å². The third-order valence-electron chi connectivity index (χ3n) is 5.55. The number of benzene rings is 3. The van der Waals surface area contributed by atoms with E-state index in [-0.39, 0.29) is 11.7 Å². The molecule has 0 spiro atoms. The Hall–Kier alpha value is -4.26. The lowest BCUT2D eigenvalue weighted by atomic mass is 9.99. The molecule has 7 heteroatoms. The second-order valence-corrected chi connectivity index (χ2v) is 7.82. The van der Waals surface area contributed by atoms with Crippen molar-refractivity contribution in [2.45, 2.75) is 13.8 Å². The van der Waals surface area contributed by atoms with Gasteiger partial charge in [0.1, 0.15) is 17.1 Å². The second-order valence-electron chi connectivity index (χ2n) is 7.82. The van der Waals surface area contributed by atoms with Crippen molar-refractivity contribution in [1.82, 2.24) is 0 Å². The minimum atomic E-state index is -0.366. The summed E-state index contributed by atoms with van der Waals surface area (Å²) in [6.07, 6.45) is 3.18. The smallest absolute Gasteiger partial charge is 0.248 e. The van der Waals surface area contributed by atoms with E-state index in [1.807, 2.05) is 44.2 Å². The number of carbonyl (C=O) groups is 1. The van der Waals surface area contributed by atoms with Crippen LogP contribution in [-0.4, -0.2) is 26.7 Å². The van der Waals surface area contributed by atoms with E-state index in [9.17, 15) is 9.18 Å². The lowest BCUT2D eigenvalue weighted by Gasteiger charge is -2.12. The number of amides is 1. The summed E-state index contributed by atoms with van der Waals surface area (Å²) in [5.74, 6) is 1.16. The third-order valence-corrected chi connectivity index (χ3v) is 5.55. The number of methoxy groups -OCH3 is 2. The normalized spacial score (nSPS) is 11.4. The minimum absolute atomic E-state index is 0.330. The van der Waals surface area contributed by atoms with Crippen LogP contribution in [0.3, 0.4) is 0 Å². The number of carbonyl (C=O) groups excluding carboxylic acids is 1. The number of nitrogens with one attached hydrogen (secondary N) is 1. The fourth-order valence-corrected chi connectivity index (χ4v) is 3.85. The van der Waals surface area contributed by atoms with Crippen molar-refractivity contribution in [3.05, 3.63) is 78.3 Å². The Morgan fingerprint density at radius 3 is 2.43 bits per heavy atom. The molecule has 0 aliphatic heterocycles. The van der Waals surface area contributed by atoms with Crippen LogP contribution in [0.25, 0.3) is 27.7 Å². The van der Waals surface area contributed by atoms with Gasteiger partial charge in [-0.25, -0.2) is 4.39 Å². The first-order valence-electron chi connectivity index (χ1n) is 11.1. The van der Waals surface area contributed by atoms with E-state index in [4.69, 9.17) is 18.6 Å². The van der Waals surface area contributed by atoms with E-state index >= 15 is 0 Å². The van der Waals surface area contributed by atoms with Gasteiger partial charge in [0.2, 0.25) is 5.91 Å². The average Bonchev–Trinajstić information content (AvgIpc) is 3.27. The summed E-state index contributed by atoms with van der Waals surface area (Å²) in [7, 11) is 3.18. The molecule has 0 aliphatic carbocycles. The van der Waals surface area contributed by atoms with Gasteiger partial charge in [0.15, 0.2) is 11.5 Å². The number of fused-ring (bicyclic) bond motifs is 1. The first-order chi connectivity index (χ1) is 16.9. The van der Waals surface area contributed by atoms with Crippen molar-refractivity contribution in [3.8, 4) is 28.4 Å². The Morgan fingerprint density at radius 2 is 1.74 bits per heavy atom. The zero-order valence-corrected chi connectivity index (χ0v) is 20.0. The van der Waals surface area contributed by atoms with Crippen LogP contribution in [0.1, 0.15) is 19.4 Å². The molecule has 0 fully saturated rings. The van der Waals surface area contributed by atoms with E-state index in [1.165, 1.54) is 30.3 Å². The number of hydrogen-bond donors (Lipinski definition) is 1. The molecule has 1 aromatic heterocycles. The first kappa shape index (κ1) is 23.9. The van der Waals surface area contributed by atoms with E-state index in [0.717, 1.165) is 22.1 Å². The SMILES string of the molecule is CCOc1cc2occ(-c3ccc(OC)c(OC)c3)c2cc1/C(C)=C/C(=O)Nc1ccc(F)cc1. The van der Waals surface area contributed by atoms with Crippen LogP contribution in [0.5, 0.6) is 17.2 Å². The largest absolute Gasteiger partial charge is 0.493 e. The van der Waals surface area contributed by atoms with Crippen LogP contribution in [0, 0.1) is 5.82 Å². The number of furan rings is 1. The Bertz CT molecular complexity index is 1390. The highest BCUT2D eigenvalue weighted by atomic mass is 19.1. The van der Waals surface area contributed by atoms with Crippen molar-refractivity contribution in [2.24, 2.45) is 0 Å². The molecule has 180 valence electrons.